The number of benzene rings is 1. The molecule has 0 aliphatic carbocycles. The number of nitrogens with zero attached hydrogens (tertiary/aromatic N) is 2. The summed E-state index contributed by atoms with van der Waals surface area (Å²) in [5.74, 6) is -1.27. The molecule has 0 aromatic heterocycles. The van der Waals surface area contributed by atoms with Crippen LogP contribution in [0.25, 0.3) is 0 Å². The summed E-state index contributed by atoms with van der Waals surface area (Å²) in [4.78, 5) is 21.7. The number of ketones is 1. The molecule has 0 N–H and O–H groups in total. The number of nitro groups is 1. The zero-order valence-electron chi connectivity index (χ0n) is 9.58. The fourth-order valence-electron chi connectivity index (χ4n) is 1.42. The van der Waals surface area contributed by atoms with E-state index in [1.165, 1.54) is 24.3 Å². The quantitative estimate of drug-likeness (QED) is 0.589. The average molecular weight is 232 g/mol. The van der Waals surface area contributed by atoms with Crippen LogP contribution in [0, 0.1) is 27.4 Å². The highest BCUT2D eigenvalue weighted by atomic mass is 16.6. The van der Waals surface area contributed by atoms with Gasteiger partial charge < -0.3 is 0 Å². The third-order valence-electron chi connectivity index (χ3n) is 2.42. The van der Waals surface area contributed by atoms with Crippen LogP contribution >= 0.6 is 0 Å². The van der Waals surface area contributed by atoms with Crippen LogP contribution in [-0.2, 0) is 4.79 Å². The van der Waals surface area contributed by atoms with Crippen molar-refractivity contribution < 1.29 is 9.72 Å². The van der Waals surface area contributed by atoms with E-state index in [4.69, 9.17) is 5.26 Å². The van der Waals surface area contributed by atoms with Gasteiger partial charge in [0.2, 0.25) is 0 Å². The van der Waals surface area contributed by atoms with Crippen molar-refractivity contribution in [2.45, 2.75) is 19.8 Å². The van der Waals surface area contributed by atoms with Gasteiger partial charge >= 0.3 is 0 Å². The second-order valence-electron chi connectivity index (χ2n) is 3.97. The zero-order chi connectivity index (χ0) is 13.0. The highest BCUT2D eigenvalue weighted by Crippen LogP contribution is 2.22. The number of nitro benzene ring substituents is 1. The monoisotopic (exact) mass is 232 g/mol. The first kappa shape index (κ1) is 12.8. The third kappa shape index (κ3) is 2.88. The summed E-state index contributed by atoms with van der Waals surface area (Å²) in [6.07, 6.45) is 0. The first-order valence-corrected chi connectivity index (χ1v) is 5.15. The number of hydrogen-bond acceptors (Lipinski definition) is 4. The summed E-state index contributed by atoms with van der Waals surface area (Å²) >= 11 is 0. The normalized spacial score (nSPS) is 11.9. The molecule has 0 heterocycles. The van der Waals surface area contributed by atoms with Crippen molar-refractivity contribution in [2.75, 3.05) is 0 Å². The van der Waals surface area contributed by atoms with Crippen molar-refractivity contribution in [1.29, 1.82) is 5.26 Å². The van der Waals surface area contributed by atoms with E-state index in [1.807, 2.05) is 6.07 Å². The summed E-state index contributed by atoms with van der Waals surface area (Å²) in [5.41, 5.74) is 0.444. The molecule has 1 aromatic carbocycles. The molecule has 0 spiro atoms. The predicted molar refractivity (Wildman–Crippen MR) is 61.3 cm³/mol. The first-order valence-electron chi connectivity index (χ1n) is 5.15. The van der Waals surface area contributed by atoms with Crippen molar-refractivity contribution in [3.8, 4) is 6.07 Å². The number of nitriles is 1. The fraction of sp³-hybridized carbons (Fsp3) is 0.333. The number of non-ortho nitro benzene ring substituents is 1. The van der Waals surface area contributed by atoms with Gasteiger partial charge in [-0.2, -0.15) is 5.26 Å². The van der Waals surface area contributed by atoms with Gasteiger partial charge in [-0.05, 0) is 5.56 Å². The summed E-state index contributed by atoms with van der Waals surface area (Å²) < 4.78 is 0. The minimum atomic E-state index is -0.851. The molecule has 0 saturated heterocycles. The summed E-state index contributed by atoms with van der Waals surface area (Å²) in [6, 6.07) is 7.43. The molecular weight excluding hydrogens is 220 g/mol. The lowest BCUT2D eigenvalue weighted by molar-refractivity contribution is -0.384. The van der Waals surface area contributed by atoms with E-state index in [1.54, 1.807) is 13.8 Å². The standard InChI is InChI=1S/C12H12N2O3/c1-8(2)12(15)11(7-13)9-3-5-10(6-4-9)14(16)17/h3-6,8,11H,1-2H3. The predicted octanol–water partition coefficient (Wildman–Crippen LogP) is 2.43. The lowest BCUT2D eigenvalue weighted by atomic mass is 9.90. The topological polar surface area (TPSA) is 84.0 Å². The summed E-state index contributed by atoms with van der Waals surface area (Å²) in [7, 11) is 0. The third-order valence-corrected chi connectivity index (χ3v) is 2.42. The average Bonchev–Trinajstić information content (AvgIpc) is 2.30. The van der Waals surface area contributed by atoms with E-state index in [-0.39, 0.29) is 17.4 Å². The Bertz CT molecular complexity index is 472. The molecule has 5 heteroatoms. The van der Waals surface area contributed by atoms with Gasteiger partial charge in [-0.25, -0.2) is 0 Å². The Morgan fingerprint density at radius 2 is 1.88 bits per heavy atom. The number of carbonyl (C=O) groups excluding carboxylic acids is 1. The second kappa shape index (κ2) is 5.21. The van der Waals surface area contributed by atoms with Gasteiger partial charge in [0, 0.05) is 18.1 Å². The van der Waals surface area contributed by atoms with Crippen LogP contribution in [0.4, 0.5) is 5.69 Å². The Kier molecular flexibility index (Phi) is 3.94. The van der Waals surface area contributed by atoms with Crippen molar-refractivity contribution in [3.63, 3.8) is 0 Å². The largest absolute Gasteiger partial charge is 0.298 e. The van der Waals surface area contributed by atoms with Crippen LogP contribution in [0.3, 0.4) is 0 Å². The maximum absolute atomic E-state index is 11.7. The van der Waals surface area contributed by atoms with Crippen LogP contribution < -0.4 is 0 Å². The minimum absolute atomic E-state index is 0.0533. The van der Waals surface area contributed by atoms with Crippen LogP contribution in [0.1, 0.15) is 25.3 Å². The first-order chi connectivity index (χ1) is 7.97. The highest BCUT2D eigenvalue weighted by Gasteiger charge is 2.23. The van der Waals surface area contributed by atoms with Gasteiger partial charge in [0.05, 0.1) is 11.0 Å². The lowest BCUT2D eigenvalue weighted by Gasteiger charge is -2.10. The van der Waals surface area contributed by atoms with E-state index in [0.717, 1.165) is 0 Å². The Balaban J connectivity index is 3.03. The molecule has 88 valence electrons. The van der Waals surface area contributed by atoms with Crippen LogP contribution in [0.2, 0.25) is 0 Å². The maximum Gasteiger partial charge on any atom is 0.269 e. The molecule has 1 unspecified atom stereocenters. The molecule has 0 fully saturated rings. The Labute approximate surface area is 98.8 Å². The van der Waals surface area contributed by atoms with Gasteiger partial charge in [-0.3, -0.25) is 14.9 Å². The van der Waals surface area contributed by atoms with Gasteiger partial charge in [0.1, 0.15) is 5.92 Å². The highest BCUT2D eigenvalue weighted by molar-refractivity contribution is 5.89. The van der Waals surface area contributed by atoms with Crippen LogP contribution in [0.5, 0.6) is 0 Å². The van der Waals surface area contributed by atoms with E-state index < -0.39 is 10.8 Å². The van der Waals surface area contributed by atoms with Crippen molar-refractivity contribution in [3.05, 3.63) is 39.9 Å². The number of rotatable bonds is 4. The molecule has 0 aliphatic rings. The van der Waals surface area contributed by atoms with E-state index >= 15 is 0 Å². The molecule has 17 heavy (non-hydrogen) atoms. The van der Waals surface area contributed by atoms with Crippen molar-refractivity contribution in [2.24, 2.45) is 5.92 Å². The molecule has 0 saturated carbocycles. The molecule has 0 bridgehead atoms. The smallest absolute Gasteiger partial charge is 0.269 e. The lowest BCUT2D eigenvalue weighted by Crippen LogP contribution is -2.16. The Morgan fingerprint density at radius 3 is 2.24 bits per heavy atom. The molecular formula is C12H12N2O3. The molecule has 0 amide bonds. The Morgan fingerprint density at radius 1 is 1.35 bits per heavy atom. The molecule has 1 rings (SSSR count). The minimum Gasteiger partial charge on any atom is -0.298 e. The maximum atomic E-state index is 11.7. The van der Waals surface area contributed by atoms with Gasteiger partial charge in [0.25, 0.3) is 5.69 Å². The Hall–Kier alpha value is -2.22. The fourth-order valence-corrected chi connectivity index (χ4v) is 1.42. The van der Waals surface area contributed by atoms with E-state index in [9.17, 15) is 14.9 Å². The summed E-state index contributed by atoms with van der Waals surface area (Å²) in [5, 5.41) is 19.4. The van der Waals surface area contributed by atoms with Crippen molar-refractivity contribution in [1.82, 2.24) is 0 Å². The van der Waals surface area contributed by atoms with Gasteiger partial charge in [-0.15, -0.1) is 0 Å². The van der Waals surface area contributed by atoms with Crippen LogP contribution in [0.15, 0.2) is 24.3 Å². The molecule has 0 radical (unpaired) electrons. The van der Waals surface area contributed by atoms with Gasteiger partial charge in [0.15, 0.2) is 5.78 Å². The zero-order valence-corrected chi connectivity index (χ0v) is 9.58. The number of Topliss-reactive ketones (excluding diaryl/α,β-unsaturated/α-hetero) is 1. The summed E-state index contributed by atoms with van der Waals surface area (Å²) in [6.45, 7) is 3.44. The molecule has 1 aromatic rings. The molecule has 1 atom stereocenters. The van der Waals surface area contributed by atoms with Crippen LogP contribution in [-0.4, -0.2) is 10.7 Å². The van der Waals surface area contributed by atoms with E-state index in [2.05, 4.69) is 0 Å². The number of carbonyl (C=O) groups is 1. The molecule has 5 nitrogen and oxygen atoms in total. The molecule has 0 aliphatic heterocycles. The van der Waals surface area contributed by atoms with Crippen molar-refractivity contribution >= 4 is 11.5 Å². The van der Waals surface area contributed by atoms with E-state index in [0.29, 0.717) is 5.56 Å². The second-order valence-corrected chi connectivity index (χ2v) is 3.97. The SMILES string of the molecule is CC(C)C(=O)C(C#N)c1ccc([N+](=O)[O-])cc1. The number of hydrogen-bond donors (Lipinski definition) is 0. The van der Waals surface area contributed by atoms with Gasteiger partial charge in [-0.1, -0.05) is 26.0 Å².